The zero-order valence-corrected chi connectivity index (χ0v) is 19.0. The fraction of sp³-hybridized carbons (Fsp3) is 0.500. The number of halogens is 4. The Kier molecular flexibility index (Phi) is 7.93. The molecule has 1 aromatic carbocycles. The molecular weight excluding hydrogens is 458 g/mol. The van der Waals surface area contributed by atoms with Crippen LogP contribution in [0.2, 0.25) is 0 Å². The van der Waals surface area contributed by atoms with E-state index in [1.807, 2.05) is 0 Å². The van der Waals surface area contributed by atoms with Crippen molar-refractivity contribution in [3.63, 3.8) is 0 Å². The number of likely N-dealkylation sites (N-methyl/N-ethyl adjacent to an activating group) is 1. The number of hydrogen-bond donors (Lipinski definition) is 1. The van der Waals surface area contributed by atoms with Crippen molar-refractivity contribution in [2.24, 2.45) is 0 Å². The third-order valence-electron chi connectivity index (χ3n) is 5.77. The van der Waals surface area contributed by atoms with Crippen molar-refractivity contribution in [3.05, 3.63) is 46.4 Å². The number of aromatic nitrogens is 2. The lowest BCUT2D eigenvalue weighted by molar-refractivity contribution is -0.140. The van der Waals surface area contributed by atoms with Crippen molar-refractivity contribution in [2.45, 2.75) is 26.1 Å². The topological polar surface area (TPSA) is 93.7 Å². The molecule has 1 fully saturated rings. The Morgan fingerprint density at radius 2 is 1.82 bits per heavy atom. The first-order chi connectivity index (χ1) is 16.0. The zero-order valence-electron chi connectivity index (χ0n) is 19.0. The molecule has 2 heterocycles. The predicted molar refractivity (Wildman–Crippen MR) is 116 cm³/mol. The van der Waals surface area contributed by atoms with Gasteiger partial charge in [-0.25, -0.2) is 13.9 Å². The van der Waals surface area contributed by atoms with E-state index in [4.69, 9.17) is 10.5 Å². The number of nitrogen functional groups attached to an aromatic ring is 1. The number of Topliss-reactive ketones (excluding diaryl/α,β-unsaturated/α-hetero) is 1. The fourth-order valence-electron chi connectivity index (χ4n) is 3.72. The molecule has 2 N–H and O–H groups in total. The van der Waals surface area contributed by atoms with Crippen molar-refractivity contribution in [3.8, 4) is 0 Å². The average Bonchev–Trinajstić information content (AvgIpc) is 3.11. The number of rotatable bonds is 8. The Hall–Kier alpha value is -2.99. The molecular formula is C22H27F4N5O3. The van der Waals surface area contributed by atoms with E-state index in [9.17, 15) is 27.2 Å². The monoisotopic (exact) mass is 485 g/mol. The van der Waals surface area contributed by atoms with Gasteiger partial charge in [0, 0.05) is 32.7 Å². The second kappa shape index (κ2) is 10.5. The highest BCUT2D eigenvalue weighted by atomic mass is 19.4. The van der Waals surface area contributed by atoms with Crippen molar-refractivity contribution in [2.75, 3.05) is 52.1 Å². The van der Waals surface area contributed by atoms with Crippen LogP contribution in [0.1, 0.15) is 38.9 Å². The van der Waals surface area contributed by atoms with Gasteiger partial charge in [-0.3, -0.25) is 9.69 Å². The third-order valence-corrected chi connectivity index (χ3v) is 5.77. The lowest BCUT2D eigenvalue weighted by atomic mass is 10.1. The smallest absolute Gasteiger partial charge is 0.419 e. The minimum absolute atomic E-state index is 0.00167. The molecule has 1 aliphatic rings. The van der Waals surface area contributed by atoms with Crippen LogP contribution >= 0.6 is 0 Å². The predicted octanol–water partition coefficient (Wildman–Crippen LogP) is 2.47. The number of piperazine rings is 1. The van der Waals surface area contributed by atoms with Crippen molar-refractivity contribution < 1.29 is 31.9 Å². The summed E-state index contributed by atoms with van der Waals surface area (Å²) in [7, 11) is 2.06. The fourth-order valence-corrected chi connectivity index (χ4v) is 3.72. The van der Waals surface area contributed by atoms with E-state index in [-0.39, 0.29) is 11.4 Å². The largest absolute Gasteiger partial charge is 0.454 e. The Bertz CT molecular complexity index is 1050. The number of carbonyl (C=O) groups is 2. The van der Waals surface area contributed by atoms with Crippen molar-refractivity contribution >= 4 is 17.6 Å². The summed E-state index contributed by atoms with van der Waals surface area (Å²) >= 11 is 0. The van der Waals surface area contributed by atoms with Gasteiger partial charge in [0.1, 0.15) is 17.2 Å². The van der Waals surface area contributed by atoms with E-state index < -0.39 is 41.5 Å². The highest BCUT2D eigenvalue weighted by Crippen LogP contribution is 2.32. The number of esters is 1. The molecule has 1 saturated heterocycles. The minimum atomic E-state index is -4.96. The molecule has 0 spiro atoms. The molecule has 0 bridgehead atoms. The molecule has 0 amide bonds. The molecule has 1 aliphatic heterocycles. The van der Waals surface area contributed by atoms with Crippen LogP contribution < -0.4 is 5.73 Å². The number of benzene rings is 1. The van der Waals surface area contributed by atoms with Gasteiger partial charge in [-0.2, -0.15) is 18.3 Å². The van der Waals surface area contributed by atoms with Gasteiger partial charge >= 0.3 is 12.1 Å². The molecule has 34 heavy (non-hydrogen) atoms. The second-order valence-electron chi connectivity index (χ2n) is 8.09. The van der Waals surface area contributed by atoms with E-state index in [1.165, 1.54) is 4.68 Å². The maximum absolute atomic E-state index is 14.2. The van der Waals surface area contributed by atoms with Gasteiger partial charge < -0.3 is 15.4 Å². The Morgan fingerprint density at radius 3 is 2.44 bits per heavy atom. The van der Waals surface area contributed by atoms with Crippen LogP contribution in [0.4, 0.5) is 23.4 Å². The van der Waals surface area contributed by atoms with E-state index in [0.29, 0.717) is 31.3 Å². The highest BCUT2D eigenvalue weighted by Gasteiger charge is 2.36. The number of anilines is 1. The minimum Gasteiger partial charge on any atom is -0.454 e. The van der Waals surface area contributed by atoms with E-state index in [0.717, 1.165) is 38.3 Å². The summed E-state index contributed by atoms with van der Waals surface area (Å²) in [5, 5.41) is 4.37. The Labute approximate surface area is 194 Å². The summed E-state index contributed by atoms with van der Waals surface area (Å²) in [5.74, 6) is -3.67. The van der Waals surface area contributed by atoms with Crippen molar-refractivity contribution in [1.82, 2.24) is 19.6 Å². The first-order valence-electron chi connectivity index (χ1n) is 10.8. The molecule has 0 unspecified atom stereocenters. The molecule has 8 nitrogen and oxygen atoms in total. The third kappa shape index (κ3) is 5.73. The molecule has 0 aliphatic carbocycles. The average molecular weight is 485 g/mol. The van der Waals surface area contributed by atoms with Crippen molar-refractivity contribution in [1.29, 1.82) is 0 Å². The number of ether oxygens (including phenoxy) is 1. The van der Waals surface area contributed by atoms with E-state index >= 15 is 0 Å². The van der Waals surface area contributed by atoms with E-state index in [2.05, 4.69) is 21.9 Å². The van der Waals surface area contributed by atoms with Crippen LogP contribution in [0.3, 0.4) is 0 Å². The summed E-state index contributed by atoms with van der Waals surface area (Å²) in [6.45, 7) is 5.68. The zero-order chi connectivity index (χ0) is 25.0. The van der Waals surface area contributed by atoms with Crippen LogP contribution in [0.15, 0.2) is 18.2 Å². The molecule has 0 radical (unpaired) electrons. The molecule has 12 heteroatoms. The highest BCUT2D eigenvalue weighted by molar-refractivity contribution is 6.01. The van der Waals surface area contributed by atoms with Crippen LogP contribution in [0.5, 0.6) is 0 Å². The van der Waals surface area contributed by atoms with Gasteiger partial charge in [0.05, 0.1) is 23.4 Å². The summed E-state index contributed by atoms with van der Waals surface area (Å²) in [4.78, 5) is 29.4. The van der Waals surface area contributed by atoms with Gasteiger partial charge in [-0.1, -0.05) is 13.0 Å². The summed E-state index contributed by atoms with van der Waals surface area (Å²) < 4.78 is 59.3. The standard InChI is InChI=1S/C22H27F4N5O3/c1-3-16-18(20(27)31(28-16)12-11-30-9-7-29(2)8-10-30)21(33)34-13-17(32)14-5-4-6-15(19(14)23)22(24,25)26/h4-6H,3,7-13,27H2,1-2H3. The molecule has 1 aromatic heterocycles. The number of aryl methyl sites for hydroxylation is 1. The number of alkyl halides is 3. The number of carbonyl (C=O) groups excluding carboxylic acids is 2. The number of ketones is 1. The van der Waals surface area contributed by atoms with Crippen LogP contribution in [0, 0.1) is 5.82 Å². The van der Waals surface area contributed by atoms with Gasteiger partial charge in [-0.05, 0) is 25.6 Å². The molecule has 0 atom stereocenters. The first-order valence-corrected chi connectivity index (χ1v) is 10.8. The van der Waals surface area contributed by atoms with Crippen LogP contribution in [0.25, 0.3) is 0 Å². The maximum Gasteiger partial charge on any atom is 0.419 e. The van der Waals surface area contributed by atoms with Gasteiger partial charge in [0.25, 0.3) is 0 Å². The lowest BCUT2D eigenvalue weighted by Crippen LogP contribution is -2.45. The quantitative estimate of drug-likeness (QED) is 0.349. The molecule has 186 valence electrons. The molecule has 0 saturated carbocycles. The first kappa shape index (κ1) is 25.6. The number of nitrogens with zero attached hydrogens (tertiary/aromatic N) is 4. The normalized spacial score (nSPS) is 15.5. The number of hydrogen-bond acceptors (Lipinski definition) is 7. The lowest BCUT2D eigenvalue weighted by Gasteiger charge is -2.32. The molecule has 3 rings (SSSR count). The summed E-state index contributed by atoms with van der Waals surface area (Å²) in [6, 6.07) is 2.35. The van der Waals surface area contributed by atoms with Crippen LogP contribution in [-0.2, 0) is 23.9 Å². The van der Waals surface area contributed by atoms with Gasteiger partial charge in [0.15, 0.2) is 6.61 Å². The number of nitrogens with two attached hydrogens (primary N) is 1. The van der Waals surface area contributed by atoms with E-state index in [1.54, 1.807) is 6.92 Å². The van der Waals surface area contributed by atoms with Crippen LogP contribution in [-0.4, -0.2) is 77.7 Å². The Balaban J connectivity index is 1.67. The SMILES string of the molecule is CCc1nn(CCN2CCN(C)CC2)c(N)c1C(=O)OCC(=O)c1cccc(C(F)(F)F)c1F. The summed E-state index contributed by atoms with van der Waals surface area (Å²) in [5.41, 5.74) is 4.13. The van der Waals surface area contributed by atoms with Gasteiger partial charge in [-0.15, -0.1) is 0 Å². The van der Waals surface area contributed by atoms with Gasteiger partial charge in [0.2, 0.25) is 5.78 Å². The maximum atomic E-state index is 14.2. The Morgan fingerprint density at radius 1 is 1.15 bits per heavy atom. The molecule has 2 aromatic rings. The second-order valence-corrected chi connectivity index (χ2v) is 8.09. The summed E-state index contributed by atoms with van der Waals surface area (Å²) in [6.07, 6.45) is -4.59.